The Labute approximate surface area is 197 Å². The number of aromatic nitrogens is 4. The number of aryl methyl sites for hydroxylation is 2. The van der Waals surface area contributed by atoms with Crippen LogP contribution in [0.25, 0.3) is 11.3 Å². The quantitative estimate of drug-likeness (QED) is 0.613. The standard InChI is InChI=1S/C24H28N6O4/c1-15-3-4-18(12-25-15)23-20(16(2)34-29-23)14-33-22-11-17-5-8-30(13-21(17)27-28-22)24(31)26-19-6-9-32-10-7-19/h3-4,11-12,19H,5-10,13-14H2,1-2H3,(H,26,31). The molecule has 3 aromatic rings. The summed E-state index contributed by atoms with van der Waals surface area (Å²) in [6, 6.07) is 5.93. The van der Waals surface area contributed by atoms with Crippen molar-refractivity contribution >= 4 is 6.03 Å². The molecule has 1 N–H and O–H groups in total. The molecular weight excluding hydrogens is 436 g/mol. The normalized spacial score (nSPS) is 16.2. The van der Waals surface area contributed by atoms with Crippen LogP contribution in [0.3, 0.4) is 0 Å². The summed E-state index contributed by atoms with van der Waals surface area (Å²) in [5.74, 6) is 1.13. The first-order chi connectivity index (χ1) is 16.6. The van der Waals surface area contributed by atoms with Crippen LogP contribution in [0.4, 0.5) is 4.79 Å². The molecule has 3 aromatic heterocycles. The number of nitrogens with zero attached hydrogens (tertiary/aromatic N) is 5. The van der Waals surface area contributed by atoms with Gasteiger partial charge in [-0.2, -0.15) is 0 Å². The minimum atomic E-state index is -0.0549. The molecule has 1 saturated heterocycles. The van der Waals surface area contributed by atoms with Crippen molar-refractivity contribution in [1.29, 1.82) is 0 Å². The van der Waals surface area contributed by atoms with Crippen LogP contribution in [0.2, 0.25) is 0 Å². The average Bonchev–Trinajstić information content (AvgIpc) is 3.23. The molecule has 0 unspecified atom stereocenters. The van der Waals surface area contributed by atoms with Gasteiger partial charge in [-0.05, 0) is 50.8 Å². The maximum Gasteiger partial charge on any atom is 0.317 e. The molecule has 34 heavy (non-hydrogen) atoms. The van der Waals surface area contributed by atoms with Crippen molar-refractivity contribution in [2.45, 2.75) is 52.3 Å². The van der Waals surface area contributed by atoms with Crippen LogP contribution >= 0.6 is 0 Å². The SMILES string of the molecule is Cc1ccc(-c2noc(C)c2COc2cc3c(nn2)CN(C(=O)NC2CCOCC2)CC3)cn1. The van der Waals surface area contributed by atoms with Crippen molar-refractivity contribution in [2.75, 3.05) is 19.8 Å². The smallest absolute Gasteiger partial charge is 0.317 e. The molecular formula is C24H28N6O4. The molecule has 1 fully saturated rings. The molecule has 2 aliphatic rings. The molecule has 2 aliphatic heterocycles. The van der Waals surface area contributed by atoms with E-state index < -0.39 is 0 Å². The second-order valence-electron chi connectivity index (χ2n) is 8.71. The highest BCUT2D eigenvalue weighted by Gasteiger charge is 2.25. The largest absolute Gasteiger partial charge is 0.471 e. The lowest BCUT2D eigenvalue weighted by atomic mass is 10.1. The highest BCUT2D eigenvalue weighted by molar-refractivity contribution is 5.74. The number of carbonyl (C=O) groups excluding carboxylic acids is 1. The van der Waals surface area contributed by atoms with Crippen molar-refractivity contribution in [2.24, 2.45) is 0 Å². The number of rotatable bonds is 5. The number of ether oxygens (including phenoxy) is 2. The van der Waals surface area contributed by atoms with Gasteiger partial charge in [0, 0.05) is 49.3 Å². The van der Waals surface area contributed by atoms with Gasteiger partial charge in [0.05, 0.1) is 17.8 Å². The van der Waals surface area contributed by atoms with E-state index in [0.29, 0.717) is 50.1 Å². The van der Waals surface area contributed by atoms with Crippen LogP contribution < -0.4 is 10.1 Å². The summed E-state index contributed by atoms with van der Waals surface area (Å²) in [7, 11) is 0. The molecule has 10 nitrogen and oxygen atoms in total. The number of fused-ring (bicyclic) bond motifs is 1. The van der Waals surface area contributed by atoms with E-state index in [1.165, 1.54) is 0 Å². The van der Waals surface area contributed by atoms with Crippen LogP contribution in [-0.2, 0) is 24.3 Å². The topological polar surface area (TPSA) is 116 Å². The van der Waals surface area contributed by atoms with Gasteiger partial charge in [0.2, 0.25) is 5.88 Å². The lowest BCUT2D eigenvalue weighted by Crippen LogP contribution is -2.48. The van der Waals surface area contributed by atoms with Gasteiger partial charge >= 0.3 is 6.03 Å². The molecule has 0 radical (unpaired) electrons. The fourth-order valence-electron chi connectivity index (χ4n) is 4.19. The third-order valence-corrected chi connectivity index (χ3v) is 6.30. The predicted molar refractivity (Wildman–Crippen MR) is 122 cm³/mol. The number of amides is 2. The van der Waals surface area contributed by atoms with Crippen molar-refractivity contribution in [3.8, 4) is 17.1 Å². The Morgan fingerprint density at radius 2 is 2.09 bits per heavy atom. The Morgan fingerprint density at radius 1 is 1.24 bits per heavy atom. The second kappa shape index (κ2) is 9.76. The lowest BCUT2D eigenvalue weighted by Gasteiger charge is -2.31. The molecule has 0 bridgehead atoms. The first-order valence-electron chi connectivity index (χ1n) is 11.6. The maximum atomic E-state index is 12.7. The van der Waals surface area contributed by atoms with Crippen molar-refractivity contribution in [3.63, 3.8) is 0 Å². The number of carbonyl (C=O) groups is 1. The van der Waals surface area contributed by atoms with E-state index in [9.17, 15) is 4.79 Å². The number of hydrogen-bond donors (Lipinski definition) is 1. The fraction of sp³-hybridized carbons (Fsp3) is 0.458. The van der Waals surface area contributed by atoms with E-state index >= 15 is 0 Å². The number of pyridine rings is 1. The fourth-order valence-corrected chi connectivity index (χ4v) is 4.19. The van der Waals surface area contributed by atoms with E-state index in [-0.39, 0.29) is 18.7 Å². The molecule has 0 saturated carbocycles. The van der Waals surface area contributed by atoms with Crippen LogP contribution in [0.1, 0.15) is 41.1 Å². The zero-order chi connectivity index (χ0) is 23.5. The van der Waals surface area contributed by atoms with Gasteiger partial charge in [-0.1, -0.05) is 5.16 Å². The summed E-state index contributed by atoms with van der Waals surface area (Å²) in [6.45, 7) is 6.50. The molecule has 0 aromatic carbocycles. The minimum absolute atomic E-state index is 0.0549. The summed E-state index contributed by atoms with van der Waals surface area (Å²) in [6.07, 6.45) is 4.18. The molecule has 5 heterocycles. The monoisotopic (exact) mass is 464 g/mol. The molecule has 10 heteroatoms. The predicted octanol–water partition coefficient (Wildman–Crippen LogP) is 2.97. The maximum absolute atomic E-state index is 12.7. The minimum Gasteiger partial charge on any atom is -0.471 e. The average molecular weight is 465 g/mol. The molecule has 178 valence electrons. The summed E-state index contributed by atoms with van der Waals surface area (Å²) in [5, 5.41) is 15.9. The highest BCUT2D eigenvalue weighted by Crippen LogP contribution is 2.27. The van der Waals surface area contributed by atoms with Gasteiger partial charge in [-0.3, -0.25) is 4.98 Å². The molecule has 2 amide bonds. The van der Waals surface area contributed by atoms with E-state index in [1.807, 2.05) is 32.0 Å². The van der Waals surface area contributed by atoms with E-state index in [4.69, 9.17) is 14.0 Å². The third kappa shape index (κ3) is 4.86. The zero-order valence-electron chi connectivity index (χ0n) is 19.4. The Kier molecular flexibility index (Phi) is 6.39. The van der Waals surface area contributed by atoms with Crippen LogP contribution in [0, 0.1) is 13.8 Å². The van der Waals surface area contributed by atoms with E-state index in [2.05, 4.69) is 25.7 Å². The Hall–Kier alpha value is -3.53. The first kappa shape index (κ1) is 22.3. The zero-order valence-corrected chi connectivity index (χ0v) is 19.4. The van der Waals surface area contributed by atoms with E-state index in [1.54, 1.807) is 11.1 Å². The number of hydrogen-bond acceptors (Lipinski definition) is 8. The Morgan fingerprint density at radius 3 is 2.88 bits per heavy atom. The van der Waals surface area contributed by atoms with Gasteiger partial charge in [-0.15, -0.1) is 10.2 Å². The van der Waals surface area contributed by atoms with Gasteiger partial charge in [0.25, 0.3) is 0 Å². The second-order valence-corrected chi connectivity index (χ2v) is 8.71. The molecule has 0 aliphatic carbocycles. The van der Waals surface area contributed by atoms with Crippen molar-refractivity contribution in [3.05, 3.63) is 52.7 Å². The van der Waals surface area contributed by atoms with Crippen LogP contribution in [-0.4, -0.2) is 57.1 Å². The first-order valence-corrected chi connectivity index (χ1v) is 11.6. The molecule has 0 atom stereocenters. The summed E-state index contributed by atoms with van der Waals surface area (Å²) >= 11 is 0. The number of urea groups is 1. The highest BCUT2D eigenvalue weighted by atomic mass is 16.5. The van der Waals surface area contributed by atoms with Gasteiger partial charge in [-0.25, -0.2) is 4.79 Å². The Bertz CT molecular complexity index is 1160. The lowest BCUT2D eigenvalue weighted by molar-refractivity contribution is 0.0777. The van der Waals surface area contributed by atoms with Gasteiger partial charge in [0.1, 0.15) is 18.1 Å². The van der Waals surface area contributed by atoms with Gasteiger partial charge < -0.3 is 24.2 Å². The van der Waals surface area contributed by atoms with Crippen molar-refractivity contribution in [1.82, 2.24) is 30.6 Å². The summed E-state index contributed by atoms with van der Waals surface area (Å²) in [4.78, 5) is 18.8. The van der Waals surface area contributed by atoms with Crippen molar-refractivity contribution < 1.29 is 18.8 Å². The molecule has 5 rings (SSSR count). The third-order valence-electron chi connectivity index (χ3n) is 6.30. The van der Waals surface area contributed by atoms with Crippen LogP contribution in [0.5, 0.6) is 5.88 Å². The Balaban J connectivity index is 1.22. The summed E-state index contributed by atoms with van der Waals surface area (Å²) < 4.78 is 16.7. The number of nitrogens with one attached hydrogen (secondary N) is 1. The molecule has 0 spiro atoms. The van der Waals surface area contributed by atoms with Gasteiger partial charge in [0.15, 0.2) is 0 Å². The summed E-state index contributed by atoms with van der Waals surface area (Å²) in [5.41, 5.74) is 5.21. The van der Waals surface area contributed by atoms with Crippen LogP contribution in [0.15, 0.2) is 28.9 Å². The van der Waals surface area contributed by atoms with E-state index in [0.717, 1.165) is 40.9 Å².